The molecule has 126 valence electrons. The molecule has 0 fully saturated rings. The van der Waals surface area contributed by atoms with Crippen molar-refractivity contribution in [2.45, 2.75) is 13.3 Å². The first kappa shape index (κ1) is 17.6. The van der Waals surface area contributed by atoms with E-state index < -0.39 is 6.03 Å². The molecule has 25 heavy (non-hydrogen) atoms. The van der Waals surface area contributed by atoms with Gasteiger partial charge >= 0.3 is 6.03 Å². The normalized spacial score (nSPS) is 9.56. The molecule has 0 saturated heterocycles. The lowest BCUT2D eigenvalue weighted by Gasteiger charge is -2.15. The van der Waals surface area contributed by atoms with Crippen molar-refractivity contribution in [3.8, 4) is 5.75 Å². The molecule has 0 bridgehead atoms. The number of hydrazine groups is 1. The standard InChI is InChI=1S/C18H17N5O2/c1-4-21-18(25)23-22-15-11-17(20-3)16(19-2)10-13(15)9-12-5-7-14(24)8-6-12/h5-8,10-11,22,24H,4,9H2,1H3,(H2,21,23,25). The molecule has 7 heteroatoms. The second kappa shape index (κ2) is 8.23. The predicted octanol–water partition coefficient (Wildman–Crippen LogP) is 3.73. The first-order valence-electron chi connectivity index (χ1n) is 7.57. The van der Waals surface area contributed by atoms with E-state index in [-0.39, 0.29) is 17.1 Å². The van der Waals surface area contributed by atoms with Gasteiger partial charge in [-0.05, 0) is 42.7 Å². The van der Waals surface area contributed by atoms with Crippen molar-refractivity contribution in [3.05, 3.63) is 70.4 Å². The molecule has 2 amide bonds. The molecule has 0 aromatic heterocycles. The number of hydrogen-bond donors (Lipinski definition) is 4. The Balaban J connectivity index is 2.34. The minimum absolute atomic E-state index is 0.171. The van der Waals surface area contributed by atoms with Gasteiger partial charge in [0.1, 0.15) is 5.75 Å². The first-order valence-corrected chi connectivity index (χ1v) is 7.57. The quantitative estimate of drug-likeness (QED) is 0.496. The van der Waals surface area contributed by atoms with Gasteiger partial charge in [0, 0.05) is 12.2 Å². The molecular formula is C18H17N5O2. The number of carbonyl (C=O) groups excluding carboxylic acids is 1. The van der Waals surface area contributed by atoms with Crippen LogP contribution in [-0.2, 0) is 6.42 Å². The summed E-state index contributed by atoms with van der Waals surface area (Å²) >= 11 is 0. The lowest BCUT2D eigenvalue weighted by molar-refractivity contribution is 0.243. The fourth-order valence-corrected chi connectivity index (χ4v) is 2.22. The van der Waals surface area contributed by atoms with Crippen molar-refractivity contribution in [1.82, 2.24) is 10.7 Å². The second-order valence-corrected chi connectivity index (χ2v) is 5.17. The van der Waals surface area contributed by atoms with Crippen LogP contribution < -0.4 is 16.2 Å². The van der Waals surface area contributed by atoms with E-state index in [4.69, 9.17) is 13.1 Å². The van der Waals surface area contributed by atoms with Gasteiger partial charge in [0.25, 0.3) is 0 Å². The average molecular weight is 335 g/mol. The van der Waals surface area contributed by atoms with Crippen LogP contribution in [0.1, 0.15) is 18.1 Å². The minimum Gasteiger partial charge on any atom is -0.508 e. The molecule has 2 aromatic carbocycles. The molecule has 0 unspecified atom stereocenters. The lowest BCUT2D eigenvalue weighted by Crippen LogP contribution is -2.39. The van der Waals surface area contributed by atoms with E-state index in [0.717, 1.165) is 11.1 Å². The van der Waals surface area contributed by atoms with Gasteiger partial charge in [-0.15, -0.1) is 0 Å². The lowest BCUT2D eigenvalue weighted by atomic mass is 10.0. The third kappa shape index (κ3) is 4.63. The van der Waals surface area contributed by atoms with Gasteiger partial charge in [0.05, 0.1) is 13.1 Å². The van der Waals surface area contributed by atoms with Crippen LogP contribution in [0.4, 0.5) is 21.9 Å². The number of anilines is 1. The van der Waals surface area contributed by atoms with Gasteiger partial charge in [-0.1, -0.05) is 18.2 Å². The molecule has 2 aromatic rings. The fraction of sp³-hybridized carbons (Fsp3) is 0.167. The van der Waals surface area contributed by atoms with E-state index in [2.05, 4.69) is 25.9 Å². The van der Waals surface area contributed by atoms with Gasteiger partial charge < -0.3 is 10.4 Å². The number of amides is 2. The Bertz CT molecular complexity index is 847. The molecular weight excluding hydrogens is 318 g/mol. The van der Waals surface area contributed by atoms with Crippen LogP contribution in [0.3, 0.4) is 0 Å². The highest BCUT2D eigenvalue weighted by Crippen LogP contribution is 2.35. The molecule has 0 spiro atoms. The maximum absolute atomic E-state index is 11.6. The summed E-state index contributed by atoms with van der Waals surface area (Å²) in [5, 5.41) is 12.0. The van der Waals surface area contributed by atoms with Crippen molar-refractivity contribution in [1.29, 1.82) is 0 Å². The molecule has 0 saturated carbocycles. The summed E-state index contributed by atoms with van der Waals surface area (Å²) in [6.07, 6.45) is 0.473. The van der Waals surface area contributed by atoms with Crippen LogP contribution in [0.2, 0.25) is 0 Å². The predicted molar refractivity (Wildman–Crippen MR) is 95.7 cm³/mol. The smallest absolute Gasteiger partial charge is 0.333 e. The van der Waals surface area contributed by atoms with Crippen LogP contribution >= 0.6 is 0 Å². The number of urea groups is 1. The third-order valence-electron chi connectivity index (χ3n) is 3.42. The van der Waals surface area contributed by atoms with Gasteiger partial charge in [-0.25, -0.2) is 4.79 Å². The Morgan fingerprint density at radius 1 is 1.12 bits per heavy atom. The first-order chi connectivity index (χ1) is 12.1. The maximum atomic E-state index is 11.6. The zero-order valence-corrected chi connectivity index (χ0v) is 13.6. The van der Waals surface area contributed by atoms with Crippen molar-refractivity contribution in [2.75, 3.05) is 12.0 Å². The largest absolute Gasteiger partial charge is 0.508 e. The summed E-state index contributed by atoms with van der Waals surface area (Å²) in [6, 6.07) is 9.50. The number of carbonyl (C=O) groups is 1. The van der Waals surface area contributed by atoms with E-state index in [1.807, 2.05) is 0 Å². The summed E-state index contributed by atoms with van der Waals surface area (Å²) in [7, 11) is 0. The van der Waals surface area contributed by atoms with E-state index in [9.17, 15) is 9.90 Å². The summed E-state index contributed by atoms with van der Waals surface area (Å²) in [5.41, 5.74) is 7.98. The van der Waals surface area contributed by atoms with Crippen LogP contribution in [0, 0.1) is 13.1 Å². The molecule has 2 rings (SSSR count). The van der Waals surface area contributed by atoms with Gasteiger partial charge in [0.2, 0.25) is 0 Å². The second-order valence-electron chi connectivity index (χ2n) is 5.17. The number of hydrogen-bond acceptors (Lipinski definition) is 3. The van der Waals surface area contributed by atoms with Gasteiger partial charge in [-0.2, -0.15) is 0 Å². The number of nitrogens with zero attached hydrogens (tertiary/aromatic N) is 2. The Kier molecular flexibility index (Phi) is 5.81. The number of phenolic OH excluding ortho intramolecular Hbond substituents is 1. The van der Waals surface area contributed by atoms with Crippen LogP contribution in [0.15, 0.2) is 36.4 Å². The SMILES string of the molecule is [C-]#[N+]c1cc(Cc2ccc(O)cc2)c(NNC(=O)NCC)cc1[N+]#[C-]. The summed E-state index contributed by atoms with van der Waals surface area (Å²) in [6.45, 7) is 16.7. The highest BCUT2D eigenvalue weighted by molar-refractivity contribution is 5.80. The summed E-state index contributed by atoms with van der Waals surface area (Å²) in [4.78, 5) is 18.3. The Morgan fingerprint density at radius 2 is 1.76 bits per heavy atom. The zero-order chi connectivity index (χ0) is 18.2. The van der Waals surface area contributed by atoms with E-state index in [1.54, 1.807) is 43.3 Å². The Labute approximate surface area is 145 Å². The van der Waals surface area contributed by atoms with E-state index >= 15 is 0 Å². The van der Waals surface area contributed by atoms with Crippen LogP contribution in [0.25, 0.3) is 9.69 Å². The molecule has 0 aliphatic rings. The summed E-state index contributed by atoms with van der Waals surface area (Å²) < 4.78 is 0. The number of aromatic hydroxyl groups is 1. The topological polar surface area (TPSA) is 82.1 Å². The Morgan fingerprint density at radius 3 is 2.36 bits per heavy atom. The zero-order valence-electron chi connectivity index (χ0n) is 13.6. The van der Waals surface area contributed by atoms with Crippen molar-refractivity contribution >= 4 is 23.1 Å². The Hall–Kier alpha value is -3.71. The number of nitrogens with one attached hydrogen (secondary N) is 3. The highest BCUT2D eigenvalue weighted by atomic mass is 16.3. The molecule has 7 nitrogen and oxygen atoms in total. The maximum Gasteiger partial charge on any atom is 0.333 e. The molecule has 0 aliphatic carbocycles. The number of rotatable bonds is 5. The van der Waals surface area contributed by atoms with Gasteiger partial charge in [-0.3, -0.25) is 20.5 Å². The summed E-state index contributed by atoms with van der Waals surface area (Å²) in [5.74, 6) is 0.171. The van der Waals surface area contributed by atoms with Crippen LogP contribution in [-0.4, -0.2) is 17.7 Å². The molecule has 0 heterocycles. The monoisotopic (exact) mass is 335 g/mol. The minimum atomic E-state index is -0.392. The number of phenols is 1. The van der Waals surface area contributed by atoms with Crippen molar-refractivity contribution < 1.29 is 9.90 Å². The van der Waals surface area contributed by atoms with Crippen molar-refractivity contribution in [3.63, 3.8) is 0 Å². The molecule has 0 atom stereocenters. The van der Waals surface area contributed by atoms with E-state index in [1.165, 1.54) is 0 Å². The molecule has 0 radical (unpaired) electrons. The third-order valence-corrected chi connectivity index (χ3v) is 3.42. The van der Waals surface area contributed by atoms with Gasteiger partial charge in [0.15, 0.2) is 11.4 Å². The average Bonchev–Trinajstić information content (AvgIpc) is 2.62. The fourth-order valence-electron chi connectivity index (χ4n) is 2.22. The van der Waals surface area contributed by atoms with Crippen molar-refractivity contribution in [2.24, 2.45) is 0 Å². The number of benzene rings is 2. The molecule has 0 aliphatic heterocycles. The highest BCUT2D eigenvalue weighted by Gasteiger charge is 2.11. The van der Waals surface area contributed by atoms with E-state index in [0.29, 0.717) is 18.7 Å². The molecule has 4 N–H and O–H groups in total. The van der Waals surface area contributed by atoms with Crippen LogP contribution in [0.5, 0.6) is 5.75 Å².